The van der Waals surface area contributed by atoms with Crippen molar-refractivity contribution in [3.8, 4) is 0 Å². The van der Waals surface area contributed by atoms with E-state index in [0.717, 1.165) is 6.26 Å². The van der Waals surface area contributed by atoms with E-state index < -0.39 is 15.9 Å². The van der Waals surface area contributed by atoms with Crippen molar-refractivity contribution in [1.29, 1.82) is 0 Å². The monoisotopic (exact) mass is 265 g/mol. The highest BCUT2D eigenvalue weighted by molar-refractivity contribution is 7.89. The first-order valence-electron chi connectivity index (χ1n) is 5.04. The fourth-order valence-corrected chi connectivity index (χ4v) is 1.98. The molecule has 0 unspecified atom stereocenters. The van der Waals surface area contributed by atoms with Crippen LogP contribution in [0.4, 0.5) is 5.69 Å². The molecule has 18 heavy (non-hydrogen) atoms. The van der Waals surface area contributed by atoms with Gasteiger partial charge in [-0.3, -0.25) is 4.79 Å². The third kappa shape index (κ3) is 2.57. The predicted octanol–water partition coefficient (Wildman–Crippen LogP) is 0.506. The van der Waals surface area contributed by atoms with E-state index in [-0.39, 0.29) is 5.69 Å². The lowest BCUT2D eigenvalue weighted by Gasteiger charge is -2.06. The van der Waals surface area contributed by atoms with Crippen LogP contribution in [0, 0.1) is 0 Å². The van der Waals surface area contributed by atoms with Gasteiger partial charge in [-0.1, -0.05) is 18.2 Å². The molecule has 7 heteroatoms. The summed E-state index contributed by atoms with van der Waals surface area (Å²) < 4.78 is 23.8. The first-order chi connectivity index (χ1) is 8.37. The molecule has 0 spiro atoms. The van der Waals surface area contributed by atoms with E-state index in [4.69, 9.17) is 5.73 Å². The first-order valence-corrected chi connectivity index (χ1v) is 6.93. The zero-order valence-electron chi connectivity index (χ0n) is 9.54. The second-order valence-electron chi connectivity index (χ2n) is 3.82. The molecule has 0 aliphatic carbocycles. The third-order valence-corrected chi connectivity index (χ3v) is 2.82. The van der Waals surface area contributed by atoms with E-state index in [2.05, 4.69) is 4.98 Å². The number of nitrogen functional groups attached to an aromatic ring is 1. The molecule has 0 saturated heterocycles. The molecule has 0 aliphatic rings. The second-order valence-corrected chi connectivity index (χ2v) is 5.57. The average Bonchev–Trinajstić information content (AvgIpc) is 2.26. The number of rotatable bonds is 2. The van der Waals surface area contributed by atoms with Gasteiger partial charge in [0.2, 0.25) is 10.0 Å². The third-order valence-electron chi connectivity index (χ3n) is 2.26. The number of carbonyl (C=O) groups is 1. The summed E-state index contributed by atoms with van der Waals surface area (Å²) in [5.41, 5.74) is 6.67. The quantitative estimate of drug-likeness (QED) is 0.823. The number of nitrogens with zero attached hydrogens (tertiary/aromatic N) is 1. The van der Waals surface area contributed by atoms with Crippen LogP contribution < -0.4 is 10.5 Å². The van der Waals surface area contributed by atoms with Gasteiger partial charge < -0.3 is 5.73 Å². The van der Waals surface area contributed by atoms with Crippen LogP contribution in [-0.4, -0.2) is 25.6 Å². The van der Waals surface area contributed by atoms with Crippen LogP contribution in [0.2, 0.25) is 0 Å². The van der Waals surface area contributed by atoms with Gasteiger partial charge in [0.05, 0.1) is 11.8 Å². The summed E-state index contributed by atoms with van der Waals surface area (Å²) in [7, 11) is -3.62. The van der Waals surface area contributed by atoms with Crippen LogP contribution in [0.5, 0.6) is 0 Å². The van der Waals surface area contributed by atoms with Crippen LogP contribution in [0.1, 0.15) is 10.5 Å². The fourth-order valence-electron chi connectivity index (χ4n) is 1.54. The van der Waals surface area contributed by atoms with Crippen LogP contribution >= 0.6 is 0 Å². The van der Waals surface area contributed by atoms with E-state index >= 15 is 0 Å². The van der Waals surface area contributed by atoms with Crippen LogP contribution in [0.15, 0.2) is 30.3 Å². The molecule has 2 rings (SSSR count). The van der Waals surface area contributed by atoms with Crippen LogP contribution in [0.3, 0.4) is 0 Å². The van der Waals surface area contributed by atoms with Gasteiger partial charge >= 0.3 is 0 Å². The SMILES string of the molecule is CS(=O)(=O)NC(=O)c1cc(N)c2ccccc2n1. The smallest absolute Gasteiger partial charge is 0.283 e. The molecular weight excluding hydrogens is 254 g/mol. The first kappa shape index (κ1) is 12.3. The molecule has 94 valence electrons. The van der Waals surface area contributed by atoms with E-state index in [0.29, 0.717) is 16.6 Å². The van der Waals surface area contributed by atoms with Crippen molar-refractivity contribution in [2.75, 3.05) is 12.0 Å². The standard InChI is InChI=1S/C11H11N3O3S/c1-18(16,17)14-11(15)10-6-8(12)7-4-2-3-5-9(7)13-10/h2-6H,1H3,(H2,12,13)(H,14,15). The number of benzene rings is 1. The van der Waals surface area contributed by atoms with E-state index in [1.54, 1.807) is 24.3 Å². The molecule has 2 aromatic rings. The van der Waals surface area contributed by atoms with Crippen LogP contribution in [0.25, 0.3) is 10.9 Å². The number of fused-ring (bicyclic) bond motifs is 1. The summed E-state index contributed by atoms with van der Waals surface area (Å²) in [6.07, 6.45) is 0.898. The van der Waals surface area contributed by atoms with Gasteiger partial charge in [0.1, 0.15) is 5.69 Å². The number of pyridine rings is 1. The predicted molar refractivity (Wildman–Crippen MR) is 68.5 cm³/mol. The lowest BCUT2D eigenvalue weighted by molar-refractivity contribution is 0.0977. The fraction of sp³-hybridized carbons (Fsp3) is 0.0909. The van der Waals surface area contributed by atoms with Crippen molar-refractivity contribution in [3.05, 3.63) is 36.0 Å². The Balaban J connectivity index is 2.50. The van der Waals surface area contributed by atoms with E-state index in [1.807, 2.05) is 4.72 Å². The van der Waals surface area contributed by atoms with Crippen molar-refractivity contribution >= 4 is 32.5 Å². The highest BCUT2D eigenvalue weighted by atomic mass is 32.2. The lowest BCUT2D eigenvalue weighted by atomic mass is 10.1. The maximum Gasteiger partial charge on any atom is 0.283 e. The lowest BCUT2D eigenvalue weighted by Crippen LogP contribution is -2.30. The Bertz CT molecular complexity index is 725. The molecule has 1 aromatic heterocycles. The Morgan fingerprint density at radius 3 is 2.67 bits per heavy atom. The Morgan fingerprint density at radius 2 is 2.00 bits per heavy atom. The molecule has 0 saturated carbocycles. The number of nitrogens with two attached hydrogens (primary N) is 1. The molecular formula is C11H11N3O3S. The average molecular weight is 265 g/mol. The molecule has 1 amide bonds. The topological polar surface area (TPSA) is 102 Å². The summed E-state index contributed by atoms with van der Waals surface area (Å²) >= 11 is 0. The Kier molecular flexibility index (Phi) is 2.92. The van der Waals surface area contributed by atoms with Crippen molar-refractivity contribution in [1.82, 2.24) is 9.71 Å². The van der Waals surface area contributed by atoms with Crippen molar-refractivity contribution < 1.29 is 13.2 Å². The molecule has 0 fully saturated rings. The van der Waals surface area contributed by atoms with Gasteiger partial charge in [0, 0.05) is 11.1 Å². The van der Waals surface area contributed by atoms with Crippen molar-refractivity contribution in [3.63, 3.8) is 0 Å². The second kappa shape index (κ2) is 4.26. The maximum absolute atomic E-state index is 11.6. The number of aromatic nitrogens is 1. The summed E-state index contributed by atoms with van der Waals surface area (Å²) in [6.45, 7) is 0. The zero-order chi connectivity index (χ0) is 13.3. The summed E-state index contributed by atoms with van der Waals surface area (Å²) in [6, 6.07) is 8.38. The Labute approximate surface area is 104 Å². The number of sulfonamides is 1. The number of para-hydroxylation sites is 1. The minimum atomic E-state index is -3.62. The molecule has 0 atom stereocenters. The number of anilines is 1. The number of hydrogen-bond donors (Lipinski definition) is 2. The Morgan fingerprint density at radius 1 is 1.33 bits per heavy atom. The summed E-state index contributed by atoms with van der Waals surface area (Å²) in [4.78, 5) is 15.7. The zero-order valence-corrected chi connectivity index (χ0v) is 10.4. The highest BCUT2D eigenvalue weighted by Gasteiger charge is 2.14. The molecule has 0 aliphatic heterocycles. The number of nitrogens with one attached hydrogen (secondary N) is 1. The number of hydrogen-bond acceptors (Lipinski definition) is 5. The van der Waals surface area contributed by atoms with Gasteiger partial charge in [-0.25, -0.2) is 18.1 Å². The largest absolute Gasteiger partial charge is 0.398 e. The minimum absolute atomic E-state index is 0.0309. The normalized spacial score (nSPS) is 11.4. The Hall–Kier alpha value is -2.15. The molecule has 1 heterocycles. The highest BCUT2D eigenvalue weighted by Crippen LogP contribution is 2.19. The maximum atomic E-state index is 11.6. The van der Waals surface area contributed by atoms with Gasteiger partial charge in [0.15, 0.2) is 0 Å². The van der Waals surface area contributed by atoms with Gasteiger partial charge in [-0.15, -0.1) is 0 Å². The van der Waals surface area contributed by atoms with Crippen LogP contribution in [-0.2, 0) is 10.0 Å². The summed E-state index contributed by atoms with van der Waals surface area (Å²) in [5, 5.41) is 0.716. The molecule has 6 nitrogen and oxygen atoms in total. The van der Waals surface area contributed by atoms with Gasteiger partial charge in [-0.05, 0) is 12.1 Å². The molecule has 3 N–H and O–H groups in total. The van der Waals surface area contributed by atoms with E-state index in [9.17, 15) is 13.2 Å². The minimum Gasteiger partial charge on any atom is -0.398 e. The molecule has 0 radical (unpaired) electrons. The van der Waals surface area contributed by atoms with Crippen molar-refractivity contribution in [2.24, 2.45) is 0 Å². The van der Waals surface area contributed by atoms with E-state index in [1.165, 1.54) is 6.07 Å². The van der Waals surface area contributed by atoms with Crippen molar-refractivity contribution in [2.45, 2.75) is 0 Å². The molecule has 1 aromatic carbocycles. The summed E-state index contributed by atoms with van der Waals surface area (Å²) in [5.74, 6) is -0.796. The number of amides is 1. The van der Waals surface area contributed by atoms with Gasteiger partial charge in [-0.2, -0.15) is 0 Å². The number of carbonyl (C=O) groups excluding carboxylic acids is 1. The van der Waals surface area contributed by atoms with Gasteiger partial charge in [0.25, 0.3) is 5.91 Å². The molecule has 0 bridgehead atoms.